The van der Waals surface area contributed by atoms with Gasteiger partial charge < -0.3 is 10.1 Å². The number of ketones is 1. The summed E-state index contributed by atoms with van der Waals surface area (Å²) < 4.78 is 0. The molecule has 0 saturated carbocycles. The van der Waals surface area contributed by atoms with Crippen LogP contribution in [-0.4, -0.2) is 25.8 Å². The zero-order valence-corrected chi connectivity index (χ0v) is 13.9. The van der Waals surface area contributed by atoms with Gasteiger partial charge in [-0.1, -0.05) is 0 Å². The van der Waals surface area contributed by atoms with E-state index in [0.29, 0.717) is 5.69 Å². The highest BCUT2D eigenvalue weighted by Crippen LogP contribution is 2.27. The van der Waals surface area contributed by atoms with E-state index in [4.69, 9.17) is 0 Å². The van der Waals surface area contributed by atoms with Crippen molar-refractivity contribution in [1.82, 2.24) is 15.0 Å². The molecule has 24 heavy (non-hydrogen) atoms. The number of fused-ring (bicyclic) bond motifs is 1. The van der Waals surface area contributed by atoms with Crippen LogP contribution in [0.4, 0.5) is 0 Å². The Labute approximate surface area is 140 Å². The second kappa shape index (κ2) is 6.02. The lowest BCUT2D eigenvalue weighted by molar-refractivity contribution is -0.112. The van der Waals surface area contributed by atoms with Crippen molar-refractivity contribution in [3.05, 3.63) is 54.1 Å². The number of aliphatic hydroxyl groups is 1. The number of hydrogen-bond acceptors (Lipinski definition) is 4. The Balaban J connectivity index is 2.08. The van der Waals surface area contributed by atoms with E-state index in [0.717, 1.165) is 27.7 Å². The number of H-pyrrole nitrogens is 1. The summed E-state index contributed by atoms with van der Waals surface area (Å²) in [6.07, 6.45) is 8.60. The summed E-state index contributed by atoms with van der Waals surface area (Å²) in [5, 5.41) is 11.1. The first-order valence-electron chi connectivity index (χ1n) is 7.69. The predicted molar refractivity (Wildman–Crippen MR) is 94.3 cm³/mol. The molecule has 0 aliphatic rings. The molecule has 3 aromatic heterocycles. The molecule has 3 heterocycles. The normalized spacial score (nSPS) is 12.2. The van der Waals surface area contributed by atoms with E-state index in [1.165, 1.54) is 13.0 Å². The van der Waals surface area contributed by atoms with E-state index >= 15 is 0 Å². The summed E-state index contributed by atoms with van der Waals surface area (Å²) in [5.74, 6) is -0.00239. The first-order valence-corrected chi connectivity index (χ1v) is 7.69. The third-order valence-corrected chi connectivity index (χ3v) is 3.78. The molecule has 5 nitrogen and oxygen atoms in total. The average Bonchev–Trinajstić information content (AvgIpc) is 2.94. The monoisotopic (exact) mass is 321 g/mol. The van der Waals surface area contributed by atoms with Crippen LogP contribution in [0.1, 0.15) is 32.0 Å². The lowest BCUT2D eigenvalue weighted by atomic mass is 10.00. The van der Waals surface area contributed by atoms with Gasteiger partial charge in [0.15, 0.2) is 5.78 Å². The zero-order valence-electron chi connectivity index (χ0n) is 13.9. The molecule has 0 aliphatic carbocycles. The van der Waals surface area contributed by atoms with Crippen molar-refractivity contribution in [3.63, 3.8) is 0 Å². The SMILES string of the molecule is CC(=O)/C=C/c1c[nH]c2ncc(-c3ccnc(C(C)(C)O)c3)cc12. The molecule has 0 spiro atoms. The third kappa shape index (κ3) is 3.26. The largest absolute Gasteiger partial charge is 0.384 e. The highest BCUT2D eigenvalue weighted by atomic mass is 16.3. The summed E-state index contributed by atoms with van der Waals surface area (Å²) >= 11 is 0. The van der Waals surface area contributed by atoms with Crippen LogP contribution in [0.25, 0.3) is 28.2 Å². The lowest BCUT2D eigenvalue weighted by Gasteiger charge is -2.17. The summed E-state index contributed by atoms with van der Waals surface area (Å²) in [7, 11) is 0. The van der Waals surface area contributed by atoms with Crippen molar-refractivity contribution in [1.29, 1.82) is 0 Å². The number of aromatic amines is 1. The van der Waals surface area contributed by atoms with E-state index in [9.17, 15) is 9.90 Å². The Bertz CT molecular complexity index is 933. The van der Waals surface area contributed by atoms with Crippen molar-refractivity contribution in [2.45, 2.75) is 26.4 Å². The Morgan fingerprint density at radius 3 is 2.75 bits per heavy atom. The maximum Gasteiger partial charge on any atom is 0.152 e. The van der Waals surface area contributed by atoms with Gasteiger partial charge in [-0.25, -0.2) is 4.98 Å². The summed E-state index contributed by atoms with van der Waals surface area (Å²) in [5.41, 5.74) is 3.12. The quantitative estimate of drug-likeness (QED) is 0.721. The van der Waals surface area contributed by atoms with Gasteiger partial charge in [0.1, 0.15) is 11.2 Å². The van der Waals surface area contributed by atoms with Gasteiger partial charge >= 0.3 is 0 Å². The van der Waals surface area contributed by atoms with E-state index in [1.807, 2.05) is 24.4 Å². The fourth-order valence-corrected chi connectivity index (χ4v) is 2.47. The summed E-state index contributed by atoms with van der Waals surface area (Å²) in [6, 6.07) is 5.76. The van der Waals surface area contributed by atoms with Crippen molar-refractivity contribution >= 4 is 22.9 Å². The van der Waals surface area contributed by atoms with Crippen molar-refractivity contribution in [3.8, 4) is 11.1 Å². The van der Waals surface area contributed by atoms with Crippen LogP contribution in [0.2, 0.25) is 0 Å². The van der Waals surface area contributed by atoms with Crippen molar-refractivity contribution in [2.24, 2.45) is 0 Å². The van der Waals surface area contributed by atoms with Gasteiger partial charge in [-0.2, -0.15) is 0 Å². The Hall–Kier alpha value is -2.79. The van der Waals surface area contributed by atoms with Gasteiger partial charge in [0.2, 0.25) is 0 Å². The van der Waals surface area contributed by atoms with Gasteiger partial charge in [0.05, 0.1) is 5.69 Å². The summed E-state index contributed by atoms with van der Waals surface area (Å²) in [6.45, 7) is 4.93. The molecule has 0 saturated heterocycles. The number of pyridine rings is 2. The molecule has 0 amide bonds. The second-order valence-corrected chi connectivity index (χ2v) is 6.30. The number of hydrogen-bond donors (Lipinski definition) is 2. The molecule has 3 aromatic rings. The van der Waals surface area contributed by atoms with Crippen LogP contribution in [0.3, 0.4) is 0 Å². The van der Waals surface area contributed by atoms with E-state index < -0.39 is 5.60 Å². The molecule has 0 unspecified atom stereocenters. The smallest absolute Gasteiger partial charge is 0.152 e. The minimum absolute atomic E-state index is 0.00239. The summed E-state index contributed by atoms with van der Waals surface area (Å²) in [4.78, 5) is 22.9. The van der Waals surface area contributed by atoms with Gasteiger partial charge in [-0.05, 0) is 56.7 Å². The molecule has 0 aromatic carbocycles. The Morgan fingerprint density at radius 1 is 1.25 bits per heavy atom. The van der Waals surface area contributed by atoms with Gasteiger partial charge in [-0.15, -0.1) is 0 Å². The van der Waals surface area contributed by atoms with E-state index in [-0.39, 0.29) is 5.78 Å². The minimum Gasteiger partial charge on any atom is -0.384 e. The standard InChI is InChI=1S/C19H19N3O2/c1-12(23)4-5-14-10-21-18-16(14)8-15(11-22-18)13-6-7-20-17(9-13)19(2,3)24/h4-11,24H,1-3H3,(H,21,22)/b5-4+. The number of nitrogens with one attached hydrogen (secondary N) is 1. The fraction of sp³-hybridized carbons (Fsp3) is 0.211. The predicted octanol–water partition coefficient (Wildman–Crippen LogP) is 3.45. The number of allylic oxidation sites excluding steroid dienone is 1. The number of aromatic nitrogens is 3. The molecule has 0 fully saturated rings. The first kappa shape index (κ1) is 16.1. The zero-order chi connectivity index (χ0) is 17.3. The number of nitrogens with zero attached hydrogens (tertiary/aromatic N) is 2. The Morgan fingerprint density at radius 2 is 2.04 bits per heavy atom. The van der Waals surface area contributed by atoms with Crippen LogP contribution >= 0.6 is 0 Å². The number of carbonyl (C=O) groups excluding carboxylic acids is 1. The first-order chi connectivity index (χ1) is 11.3. The maximum absolute atomic E-state index is 11.2. The molecule has 3 rings (SSSR count). The molecule has 5 heteroatoms. The number of rotatable bonds is 4. The Kier molecular flexibility index (Phi) is 4.03. The highest BCUT2D eigenvalue weighted by molar-refractivity contribution is 5.96. The van der Waals surface area contributed by atoms with Crippen LogP contribution in [0, 0.1) is 0 Å². The third-order valence-electron chi connectivity index (χ3n) is 3.78. The molecule has 2 N–H and O–H groups in total. The molecular weight excluding hydrogens is 302 g/mol. The van der Waals surface area contributed by atoms with Crippen LogP contribution in [-0.2, 0) is 10.4 Å². The van der Waals surface area contributed by atoms with Crippen LogP contribution in [0.5, 0.6) is 0 Å². The van der Waals surface area contributed by atoms with Gasteiger partial charge in [-0.3, -0.25) is 9.78 Å². The maximum atomic E-state index is 11.2. The number of carbonyl (C=O) groups is 1. The van der Waals surface area contributed by atoms with E-state index in [1.54, 1.807) is 32.3 Å². The van der Waals surface area contributed by atoms with E-state index in [2.05, 4.69) is 15.0 Å². The topological polar surface area (TPSA) is 78.9 Å². The molecule has 0 aliphatic heterocycles. The molecule has 122 valence electrons. The lowest BCUT2D eigenvalue weighted by Crippen LogP contribution is -2.17. The van der Waals surface area contributed by atoms with Crippen LogP contribution < -0.4 is 0 Å². The highest BCUT2D eigenvalue weighted by Gasteiger charge is 2.18. The van der Waals surface area contributed by atoms with Crippen LogP contribution in [0.15, 0.2) is 42.9 Å². The fourth-order valence-electron chi connectivity index (χ4n) is 2.47. The average molecular weight is 321 g/mol. The molecular formula is C19H19N3O2. The molecule has 0 radical (unpaired) electrons. The van der Waals surface area contributed by atoms with Crippen molar-refractivity contribution < 1.29 is 9.90 Å². The van der Waals surface area contributed by atoms with Gasteiger partial charge in [0, 0.05) is 35.1 Å². The minimum atomic E-state index is -1.00. The second-order valence-electron chi connectivity index (χ2n) is 6.30. The molecule has 0 atom stereocenters. The molecule has 0 bridgehead atoms. The van der Waals surface area contributed by atoms with Crippen molar-refractivity contribution in [2.75, 3.05) is 0 Å². The van der Waals surface area contributed by atoms with Gasteiger partial charge in [0.25, 0.3) is 0 Å².